The van der Waals surface area contributed by atoms with Crippen molar-refractivity contribution in [2.75, 3.05) is 0 Å². The first-order valence-corrected chi connectivity index (χ1v) is 4.48. The van der Waals surface area contributed by atoms with Gasteiger partial charge in [-0.1, -0.05) is 22.0 Å². The number of fused-ring (bicyclic) bond motifs is 1. The SMILES string of the molecule is O=C(O)n1ccc2c(Br)cccc21. The van der Waals surface area contributed by atoms with Gasteiger partial charge in [0, 0.05) is 16.1 Å². The molecule has 1 heterocycles. The second-order valence-electron chi connectivity index (χ2n) is 2.64. The Kier molecular flexibility index (Phi) is 1.84. The Hall–Kier alpha value is -1.29. The number of aromatic nitrogens is 1. The van der Waals surface area contributed by atoms with Gasteiger partial charge in [-0.05, 0) is 18.2 Å². The first kappa shape index (κ1) is 8.31. The molecule has 0 amide bonds. The molecular formula is C9H6BrNO2. The van der Waals surface area contributed by atoms with Crippen LogP contribution in [0.15, 0.2) is 34.9 Å². The Labute approximate surface area is 82.7 Å². The topological polar surface area (TPSA) is 42.2 Å². The van der Waals surface area contributed by atoms with E-state index in [1.807, 2.05) is 12.1 Å². The lowest BCUT2D eigenvalue weighted by Gasteiger charge is -1.97. The van der Waals surface area contributed by atoms with Gasteiger partial charge in [-0.3, -0.25) is 4.57 Å². The van der Waals surface area contributed by atoms with Crippen LogP contribution >= 0.6 is 15.9 Å². The zero-order chi connectivity index (χ0) is 9.42. The molecule has 0 unspecified atom stereocenters. The molecule has 1 aromatic carbocycles. The van der Waals surface area contributed by atoms with Gasteiger partial charge in [0.15, 0.2) is 0 Å². The second kappa shape index (κ2) is 2.88. The molecular weight excluding hydrogens is 234 g/mol. The molecule has 4 heteroatoms. The minimum atomic E-state index is -0.965. The average Bonchev–Trinajstić information content (AvgIpc) is 2.48. The van der Waals surface area contributed by atoms with E-state index in [-0.39, 0.29) is 0 Å². The lowest BCUT2D eigenvalue weighted by Crippen LogP contribution is -2.05. The van der Waals surface area contributed by atoms with Crippen LogP contribution in [0.25, 0.3) is 10.9 Å². The molecule has 0 saturated carbocycles. The number of hydrogen-bond acceptors (Lipinski definition) is 1. The van der Waals surface area contributed by atoms with Crippen LogP contribution in [0.1, 0.15) is 0 Å². The van der Waals surface area contributed by atoms with Crippen molar-refractivity contribution in [3.63, 3.8) is 0 Å². The second-order valence-corrected chi connectivity index (χ2v) is 3.50. The van der Waals surface area contributed by atoms with Gasteiger partial charge in [0.1, 0.15) is 0 Å². The summed E-state index contributed by atoms with van der Waals surface area (Å²) in [6.45, 7) is 0. The number of rotatable bonds is 0. The summed E-state index contributed by atoms with van der Waals surface area (Å²) >= 11 is 3.35. The molecule has 3 nitrogen and oxygen atoms in total. The highest BCUT2D eigenvalue weighted by Gasteiger charge is 2.07. The largest absolute Gasteiger partial charge is 0.464 e. The lowest BCUT2D eigenvalue weighted by atomic mass is 10.2. The molecule has 13 heavy (non-hydrogen) atoms. The van der Waals surface area contributed by atoms with Gasteiger partial charge in [-0.15, -0.1) is 0 Å². The van der Waals surface area contributed by atoms with Crippen molar-refractivity contribution in [1.82, 2.24) is 4.57 Å². The summed E-state index contributed by atoms with van der Waals surface area (Å²) in [6, 6.07) is 7.24. The van der Waals surface area contributed by atoms with Crippen LogP contribution in [0.4, 0.5) is 4.79 Å². The summed E-state index contributed by atoms with van der Waals surface area (Å²) in [6.07, 6.45) is 0.575. The number of halogens is 1. The van der Waals surface area contributed by atoms with Crippen LogP contribution in [0.5, 0.6) is 0 Å². The molecule has 0 spiro atoms. The Bertz CT molecular complexity index is 475. The molecule has 2 rings (SSSR count). The maximum atomic E-state index is 10.7. The van der Waals surface area contributed by atoms with Gasteiger partial charge in [0.25, 0.3) is 0 Å². The van der Waals surface area contributed by atoms with Crippen LogP contribution in [-0.4, -0.2) is 15.8 Å². The van der Waals surface area contributed by atoms with Gasteiger partial charge >= 0.3 is 6.09 Å². The maximum absolute atomic E-state index is 10.7. The van der Waals surface area contributed by atoms with E-state index in [2.05, 4.69) is 15.9 Å². The molecule has 0 fully saturated rings. The van der Waals surface area contributed by atoms with E-state index < -0.39 is 6.09 Å². The molecule has 1 aromatic heterocycles. The average molecular weight is 240 g/mol. The van der Waals surface area contributed by atoms with Crippen LogP contribution in [0.3, 0.4) is 0 Å². The van der Waals surface area contributed by atoms with E-state index in [0.29, 0.717) is 5.52 Å². The van der Waals surface area contributed by atoms with E-state index in [1.54, 1.807) is 12.1 Å². The minimum absolute atomic E-state index is 0.696. The van der Waals surface area contributed by atoms with Gasteiger partial charge in [0.05, 0.1) is 5.52 Å². The molecule has 0 radical (unpaired) electrons. The summed E-state index contributed by atoms with van der Waals surface area (Å²) < 4.78 is 2.10. The Morgan fingerprint density at radius 3 is 2.85 bits per heavy atom. The normalized spacial score (nSPS) is 10.5. The third-order valence-electron chi connectivity index (χ3n) is 1.89. The monoisotopic (exact) mass is 239 g/mol. The number of carboxylic acid groups (broad SMARTS) is 1. The fourth-order valence-electron chi connectivity index (χ4n) is 1.30. The van der Waals surface area contributed by atoms with Crippen molar-refractivity contribution in [2.45, 2.75) is 0 Å². The van der Waals surface area contributed by atoms with Gasteiger partial charge in [0.2, 0.25) is 0 Å². The van der Waals surface area contributed by atoms with Crippen molar-refractivity contribution in [3.8, 4) is 0 Å². The van der Waals surface area contributed by atoms with E-state index in [9.17, 15) is 4.79 Å². The molecule has 1 N–H and O–H groups in total. The van der Waals surface area contributed by atoms with E-state index >= 15 is 0 Å². The first-order chi connectivity index (χ1) is 6.20. The minimum Gasteiger partial charge on any atom is -0.464 e. The zero-order valence-electron chi connectivity index (χ0n) is 6.57. The third-order valence-corrected chi connectivity index (χ3v) is 2.58. The molecule has 0 saturated heterocycles. The highest BCUT2D eigenvalue weighted by Crippen LogP contribution is 2.24. The van der Waals surface area contributed by atoms with Crippen molar-refractivity contribution in [2.24, 2.45) is 0 Å². The Balaban J connectivity index is 2.83. The number of nitrogens with zero attached hydrogens (tertiary/aromatic N) is 1. The molecule has 0 aliphatic rings. The summed E-state index contributed by atoms with van der Waals surface area (Å²) in [7, 11) is 0. The lowest BCUT2D eigenvalue weighted by molar-refractivity contribution is 0.197. The highest BCUT2D eigenvalue weighted by molar-refractivity contribution is 9.10. The van der Waals surface area contributed by atoms with Crippen LogP contribution in [0.2, 0.25) is 0 Å². The number of hydrogen-bond donors (Lipinski definition) is 1. The van der Waals surface area contributed by atoms with Gasteiger partial charge in [-0.25, -0.2) is 4.79 Å². The summed E-state index contributed by atoms with van der Waals surface area (Å²) in [5, 5.41) is 9.72. The van der Waals surface area contributed by atoms with E-state index in [0.717, 1.165) is 9.86 Å². The number of carbonyl (C=O) groups is 1. The summed E-state index contributed by atoms with van der Waals surface area (Å²) in [5.74, 6) is 0. The maximum Gasteiger partial charge on any atom is 0.415 e. The van der Waals surface area contributed by atoms with Crippen LogP contribution < -0.4 is 0 Å². The van der Waals surface area contributed by atoms with Gasteiger partial charge in [-0.2, -0.15) is 0 Å². The van der Waals surface area contributed by atoms with Crippen molar-refractivity contribution in [1.29, 1.82) is 0 Å². The quantitative estimate of drug-likeness (QED) is 0.769. The number of benzene rings is 1. The highest BCUT2D eigenvalue weighted by atomic mass is 79.9. The Morgan fingerprint density at radius 2 is 2.15 bits per heavy atom. The standard InChI is InChI=1S/C9H6BrNO2/c10-7-2-1-3-8-6(7)4-5-11(8)9(12)13/h1-5H,(H,12,13). The molecule has 0 bridgehead atoms. The van der Waals surface area contributed by atoms with E-state index in [4.69, 9.17) is 5.11 Å². The van der Waals surface area contributed by atoms with Crippen molar-refractivity contribution >= 4 is 32.9 Å². The summed E-state index contributed by atoms with van der Waals surface area (Å²) in [5.41, 5.74) is 0.696. The zero-order valence-corrected chi connectivity index (χ0v) is 8.15. The predicted octanol–water partition coefficient (Wildman–Crippen LogP) is 2.93. The predicted molar refractivity (Wildman–Crippen MR) is 53.1 cm³/mol. The third kappa shape index (κ3) is 1.23. The molecule has 2 aromatic rings. The molecule has 0 aliphatic heterocycles. The fraction of sp³-hybridized carbons (Fsp3) is 0. The first-order valence-electron chi connectivity index (χ1n) is 3.69. The smallest absolute Gasteiger partial charge is 0.415 e. The molecule has 0 atom stereocenters. The van der Waals surface area contributed by atoms with Crippen LogP contribution in [0, 0.1) is 0 Å². The summed E-state index contributed by atoms with van der Waals surface area (Å²) in [4.78, 5) is 10.7. The van der Waals surface area contributed by atoms with Crippen molar-refractivity contribution < 1.29 is 9.90 Å². The molecule has 66 valence electrons. The molecule has 0 aliphatic carbocycles. The van der Waals surface area contributed by atoms with Gasteiger partial charge < -0.3 is 5.11 Å². The van der Waals surface area contributed by atoms with Crippen molar-refractivity contribution in [3.05, 3.63) is 34.9 Å². The van der Waals surface area contributed by atoms with E-state index in [1.165, 1.54) is 10.8 Å². The van der Waals surface area contributed by atoms with Crippen LogP contribution in [-0.2, 0) is 0 Å². The Morgan fingerprint density at radius 1 is 1.38 bits per heavy atom. The fourth-order valence-corrected chi connectivity index (χ4v) is 1.78.